The van der Waals surface area contributed by atoms with E-state index in [9.17, 15) is 9.59 Å². The van der Waals surface area contributed by atoms with E-state index in [4.69, 9.17) is 10.2 Å². The smallest absolute Gasteiger partial charge is 0.303 e. The fourth-order valence-corrected chi connectivity index (χ4v) is 3.73. The van der Waals surface area contributed by atoms with Crippen molar-refractivity contribution in [1.82, 2.24) is 0 Å². The molecular weight excluding hydrogens is 378 g/mol. The van der Waals surface area contributed by atoms with Crippen molar-refractivity contribution in [3.8, 4) is 0 Å². The molecule has 2 N–H and O–H groups in total. The van der Waals surface area contributed by atoms with Gasteiger partial charge in [-0.15, -0.1) is 0 Å². The summed E-state index contributed by atoms with van der Waals surface area (Å²) in [6.07, 6.45) is 15.6. The van der Waals surface area contributed by atoms with Gasteiger partial charge in [-0.2, -0.15) is 0 Å². The largest absolute Gasteiger partial charge is 0.481 e. The summed E-state index contributed by atoms with van der Waals surface area (Å²) in [5, 5.41) is 16.6. The minimum Gasteiger partial charge on any atom is -0.481 e. The molecule has 5 nitrogen and oxygen atoms in total. The third-order valence-corrected chi connectivity index (χ3v) is 5.73. The molecule has 0 saturated heterocycles. The van der Waals surface area contributed by atoms with Gasteiger partial charge in [0.1, 0.15) is 0 Å². The molecular formula is C25H52NO4+. The summed E-state index contributed by atoms with van der Waals surface area (Å²) in [6.45, 7) is 15.0. The van der Waals surface area contributed by atoms with Crippen molar-refractivity contribution in [1.29, 1.82) is 0 Å². The van der Waals surface area contributed by atoms with Crippen LogP contribution in [0.2, 0.25) is 0 Å². The standard InChI is InChI=1S/C16H36N.C9H16O4/c1-5-9-13-17(14-10-6-2,15-11-7-3)16-12-8-4;10-8(11)6-4-2-1-3-5-7-9(12)13/h5-16H2,1-4H3;1-7H2,(H,10,11)(H,12,13)/q+1;. The molecule has 0 heterocycles. The van der Waals surface area contributed by atoms with Crippen LogP contribution < -0.4 is 0 Å². The highest BCUT2D eigenvalue weighted by Crippen LogP contribution is 2.16. The van der Waals surface area contributed by atoms with E-state index in [-0.39, 0.29) is 12.8 Å². The van der Waals surface area contributed by atoms with Crippen LogP contribution in [-0.4, -0.2) is 52.8 Å². The summed E-state index contributed by atoms with van der Waals surface area (Å²) in [4.78, 5) is 20.2. The lowest BCUT2D eigenvalue weighted by Crippen LogP contribution is -2.50. The summed E-state index contributed by atoms with van der Waals surface area (Å²) in [6, 6.07) is 0. The van der Waals surface area contributed by atoms with Crippen LogP contribution >= 0.6 is 0 Å². The number of quaternary nitrogens is 1. The Morgan fingerprint density at radius 2 is 0.767 bits per heavy atom. The fourth-order valence-electron chi connectivity index (χ4n) is 3.73. The number of hydrogen-bond donors (Lipinski definition) is 2. The zero-order valence-corrected chi connectivity index (χ0v) is 20.6. The minimum atomic E-state index is -0.759. The second-order valence-electron chi connectivity index (χ2n) is 8.71. The monoisotopic (exact) mass is 430 g/mol. The van der Waals surface area contributed by atoms with Gasteiger partial charge in [-0.05, 0) is 38.5 Å². The van der Waals surface area contributed by atoms with E-state index in [1.165, 1.54) is 82.0 Å². The lowest BCUT2D eigenvalue weighted by molar-refractivity contribution is -0.929. The number of rotatable bonds is 20. The van der Waals surface area contributed by atoms with Crippen LogP contribution in [0.4, 0.5) is 0 Å². The Morgan fingerprint density at radius 1 is 0.500 bits per heavy atom. The first-order valence-corrected chi connectivity index (χ1v) is 12.7. The fraction of sp³-hybridized carbons (Fsp3) is 0.920. The Balaban J connectivity index is 0. The Bertz CT molecular complexity index is 343. The second kappa shape index (κ2) is 22.6. The van der Waals surface area contributed by atoms with E-state index < -0.39 is 11.9 Å². The molecule has 0 aliphatic carbocycles. The predicted octanol–water partition coefficient (Wildman–Crippen LogP) is 6.89. The average molecular weight is 431 g/mol. The first-order valence-electron chi connectivity index (χ1n) is 12.7. The molecule has 30 heavy (non-hydrogen) atoms. The van der Waals surface area contributed by atoms with E-state index in [0.717, 1.165) is 19.3 Å². The van der Waals surface area contributed by atoms with Crippen molar-refractivity contribution in [2.45, 2.75) is 124 Å². The highest BCUT2D eigenvalue weighted by Gasteiger charge is 2.24. The quantitative estimate of drug-likeness (QED) is 0.163. The van der Waals surface area contributed by atoms with Gasteiger partial charge in [0.15, 0.2) is 0 Å². The molecule has 0 aliphatic rings. The molecule has 180 valence electrons. The molecule has 0 fully saturated rings. The van der Waals surface area contributed by atoms with Gasteiger partial charge in [-0.3, -0.25) is 9.59 Å². The van der Waals surface area contributed by atoms with Crippen molar-refractivity contribution < 1.29 is 24.3 Å². The van der Waals surface area contributed by atoms with Crippen LogP contribution in [0.1, 0.15) is 124 Å². The number of nitrogens with zero attached hydrogens (tertiary/aromatic N) is 1. The Labute approximate surface area is 186 Å². The molecule has 0 saturated carbocycles. The van der Waals surface area contributed by atoms with Crippen molar-refractivity contribution in [2.24, 2.45) is 0 Å². The zero-order valence-electron chi connectivity index (χ0n) is 20.6. The lowest BCUT2D eigenvalue weighted by atomic mass is 10.1. The number of aliphatic carboxylic acids is 2. The summed E-state index contributed by atoms with van der Waals surface area (Å²) in [5.74, 6) is -1.52. The van der Waals surface area contributed by atoms with Crippen molar-refractivity contribution in [3.63, 3.8) is 0 Å². The van der Waals surface area contributed by atoms with Crippen LogP contribution in [0.3, 0.4) is 0 Å². The highest BCUT2D eigenvalue weighted by atomic mass is 16.4. The van der Waals surface area contributed by atoms with Crippen molar-refractivity contribution in [3.05, 3.63) is 0 Å². The van der Waals surface area contributed by atoms with Gasteiger partial charge >= 0.3 is 11.9 Å². The summed E-state index contributed by atoms with van der Waals surface area (Å²) in [7, 11) is 0. The number of carboxylic acids is 2. The van der Waals surface area contributed by atoms with Crippen LogP contribution in [0.25, 0.3) is 0 Å². The molecule has 0 aromatic carbocycles. The average Bonchev–Trinajstić information content (AvgIpc) is 2.72. The van der Waals surface area contributed by atoms with E-state index in [1.54, 1.807) is 0 Å². The third-order valence-electron chi connectivity index (χ3n) is 5.73. The molecule has 0 aromatic rings. The van der Waals surface area contributed by atoms with Gasteiger partial charge in [-0.1, -0.05) is 72.6 Å². The highest BCUT2D eigenvalue weighted by molar-refractivity contribution is 5.66. The maximum atomic E-state index is 10.1. The molecule has 0 spiro atoms. The molecule has 0 unspecified atom stereocenters. The molecule has 0 amide bonds. The Kier molecular flexibility index (Phi) is 23.4. The summed E-state index contributed by atoms with van der Waals surface area (Å²) < 4.78 is 1.42. The topological polar surface area (TPSA) is 74.6 Å². The van der Waals surface area contributed by atoms with Crippen molar-refractivity contribution in [2.75, 3.05) is 26.2 Å². The van der Waals surface area contributed by atoms with Gasteiger partial charge < -0.3 is 14.7 Å². The summed E-state index contributed by atoms with van der Waals surface area (Å²) >= 11 is 0. The maximum absolute atomic E-state index is 10.1. The van der Waals surface area contributed by atoms with Gasteiger partial charge in [0.25, 0.3) is 0 Å². The number of unbranched alkanes of at least 4 members (excludes halogenated alkanes) is 8. The van der Waals surface area contributed by atoms with Gasteiger partial charge in [0.05, 0.1) is 26.2 Å². The molecule has 0 aromatic heterocycles. The van der Waals surface area contributed by atoms with Crippen LogP contribution in [-0.2, 0) is 9.59 Å². The van der Waals surface area contributed by atoms with Gasteiger partial charge in [0.2, 0.25) is 0 Å². The first kappa shape index (κ1) is 31.1. The molecule has 0 rings (SSSR count). The van der Waals surface area contributed by atoms with Crippen LogP contribution in [0.5, 0.6) is 0 Å². The Hall–Kier alpha value is -1.10. The van der Waals surface area contributed by atoms with Gasteiger partial charge in [-0.25, -0.2) is 0 Å². The maximum Gasteiger partial charge on any atom is 0.303 e. The Morgan fingerprint density at radius 3 is 1.00 bits per heavy atom. The molecule has 0 atom stereocenters. The lowest BCUT2D eigenvalue weighted by Gasteiger charge is -2.39. The van der Waals surface area contributed by atoms with Crippen LogP contribution in [0.15, 0.2) is 0 Å². The number of hydrogen-bond acceptors (Lipinski definition) is 2. The third kappa shape index (κ3) is 21.6. The minimum absolute atomic E-state index is 0.221. The number of carboxylic acid groups (broad SMARTS) is 2. The molecule has 5 heteroatoms. The van der Waals surface area contributed by atoms with Crippen molar-refractivity contribution >= 4 is 11.9 Å². The van der Waals surface area contributed by atoms with E-state index in [1.807, 2.05) is 0 Å². The normalized spacial score (nSPS) is 11.1. The van der Waals surface area contributed by atoms with E-state index in [2.05, 4.69) is 27.7 Å². The summed E-state index contributed by atoms with van der Waals surface area (Å²) in [5.41, 5.74) is 0. The van der Waals surface area contributed by atoms with Gasteiger partial charge in [0, 0.05) is 12.8 Å². The molecule has 0 bridgehead atoms. The second-order valence-corrected chi connectivity index (χ2v) is 8.71. The van der Waals surface area contributed by atoms with Crippen LogP contribution in [0, 0.1) is 0 Å². The number of carbonyl (C=O) groups is 2. The first-order chi connectivity index (χ1) is 14.4. The molecule has 0 aliphatic heterocycles. The zero-order chi connectivity index (χ0) is 23.1. The molecule has 0 radical (unpaired) electrons. The SMILES string of the molecule is CCCC[N+](CCCC)(CCCC)CCCC.O=C(O)CCCCCCCC(=O)O. The predicted molar refractivity (Wildman–Crippen MR) is 127 cm³/mol. The van der Waals surface area contributed by atoms with E-state index in [0.29, 0.717) is 12.8 Å². The van der Waals surface area contributed by atoms with E-state index >= 15 is 0 Å².